The van der Waals surface area contributed by atoms with Crippen molar-refractivity contribution in [3.63, 3.8) is 0 Å². The average Bonchev–Trinajstić information content (AvgIpc) is 2.29. The van der Waals surface area contributed by atoms with Gasteiger partial charge < -0.3 is 5.32 Å². The molecule has 1 unspecified atom stereocenters. The highest BCUT2D eigenvalue weighted by Gasteiger charge is 2.17. The summed E-state index contributed by atoms with van der Waals surface area (Å²) in [6.45, 7) is 9.82. The van der Waals surface area contributed by atoms with Crippen LogP contribution in [0, 0.1) is 23.2 Å². The van der Waals surface area contributed by atoms with Crippen molar-refractivity contribution in [1.82, 2.24) is 5.32 Å². The van der Waals surface area contributed by atoms with Crippen LogP contribution in [0.15, 0.2) is 0 Å². The van der Waals surface area contributed by atoms with Crippen LogP contribution in [-0.2, 0) is 0 Å². The van der Waals surface area contributed by atoms with E-state index in [0.29, 0.717) is 6.04 Å². The Hall–Kier alpha value is -0.480. The molecule has 104 valence electrons. The molecule has 0 heterocycles. The first kappa shape index (κ1) is 15.6. The molecule has 1 heteroatoms. The van der Waals surface area contributed by atoms with E-state index in [2.05, 4.69) is 44.9 Å². The predicted octanol–water partition coefficient (Wildman–Crippen LogP) is 4.37. The Morgan fingerprint density at radius 1 is 1.17 bits per heavy atom. The molecule has 0 amide bonds. The zero-order valence-electron chi connectivity index (χ0n) is 12.8. The lowest BCUT2D eigenvalue weighted by molar-refractivity contribution is 0.301. The van der Waals surface area contributed by atoms with Gasteiger partial charge in [0.25, 0.3) is 0 Å². The van der Waals surface area contributed by atoms with Crippen molar-refractivity contribution in [3.05, 3.63) is 0 Å². The molecule has 1 nitrogen and oxygen atoms in total. The number of rotatable bonds is 5. The molecule has 0 aromatic carbocycles. The standard InChI is InChI=1S/C17H31N/c1-5-18-16(12-9-13-17(2,3)4)14-15-10-7-6-8-11-15/h15-16,18H,5-8,10-12,14H2,1-4H3. The smallest absolute Gasteiger partial charge is 0.0243 e. The summed E-state index contributed by atoms with van der Waals surface area (Å²) >= 11 is 0. The number of hydrogen-bond donors (Lipinski definition) is 1. The van der Waals surface area contributed by atoms with Gasteiger partial charge in [0.15, 0.2) is 0 Å². The summed E-state index contributed by atoms with van der Waals surface area (Å²) in [6, 6.07) is 0.605. The van der Waals surface area contributed by atoms with Crippen LogP contribution in [-0.4, -0.2) is 12.6 Å². The molecule has 1 aliphatic rings. The average molecular weight is 249 g/mol. The molecule has 1 fully saturated rings. The minimum absolute atomic E-state index is 0.140. The first-order valence-electron chi connectivity index (χ1n) is 7.74. The van der Waals surface area contributed by atoms with Gasteiger partial charge in [-0.15, -0.1) is 5.92 Å². The van der Waals surface area contributed by atoms with Crippen LogP contribution in [0.4, 0.5) is 0 Å². The maximum Gasteiger partial charge on any atom is 0.0243 e. The second kappa shape index (κ2) is 7.85. The molecule has 0 aliphatic heterocycles. The Balaban J connectivity index is 2.40. The molecule has 1 saturated carbocycles. The third kappa shape index (κ3) is 7.07. The van der Waals surface area contributed by atoms with Gasteiger partial charge >= 0.3 is 0 Å². The van der Waals surface area contributed by atoms with Crippen LogP contribution in [0.25, 0.3) is 0 Å². The van der Waals surface area contributed by atoms with Crippen molar-refractivity contribution < 1.29 is 0 Å². The van der Waals surface area contributed by atoms with Gasteiger partial charge in [-0.05, 0) is 39.7 Å². The van der Waals surface area contributed by atoms with Gasteiger partial charge in [0.05, 0.1) is 0 Å². The summed E-state index contributed by atoms with van der Waals surface area (Å²) in [5, 5.41) is 3.61. The Bertz CT molecular complexity index is 270. The summed E-state index contributed by atoms with van der Waals surface area (Å²) in [6.07, 6.45) is 9.55. The molecule has 0 aromatic rings. The normalized spacial score (nSPS) is 19.1. The quantitative estimate of drug-likeness (QED) is 0.713. The molecule has 1 atom stereocenters. The number of nitrogens with one attached hydrogen (secondary N) is 1. The lowest BCUT2D eigenvalue weighted by Gasteiger charge is -2.26. The maximum absolute atomic E-state index is 3.61. The summed E-state index contributed by atoms with van der Waals surface area (Å²) in [5.41, 5.74) is 0.140. The summed E-state index contributed by atoms with van der Waals surface area (Å²) in [5.74, 6) is 7.69. The summed E-state index contributed by atoms with van der Waals surface area (Å²) < 4.78 is 0. The van der Waals surface area contributed by atoms with Gasteiger partial charge in [-0.1, -0.05) is 44.9 Å². The number of hydrogen-bond acceptors (Lipinski definition) is 1. The van der Waals surface area contributed by atoms with Crippen LogP contribution in [0.2, 0.25) is 0 Å². The van der Waals surface area contributed by atoms with E-state index < -0.39 is 0 Å². The van der Waals surface area contributed by atoms with Crippen LogP contribution < -0.4 is 5.32 Å². The summed E-state index contributed by atoms with van der Waals surface area (Å²) in [7, 11) is 0. The van der Waals surface area contributed by atoms with Crippen molar-refractivity contribution in [2.45, 2.75) is 78.7 Å². The minimum Gasteiger partial charge on any atom is -0.313 e. The van der Waals surface area contributed by atoms with Crippen LogP contribution >= 0.6 is 0 Å². The molecule has 1 N–H and O–H groups in total. The van der Waals surface area contributed by atoms with E-state index in [1.165, 1.54) is 38.5 Å². The highest BCUT2D eigenvalue weighted by molar-refractivity contribution is 5.08. The Kier molecular flexibility index (Phi) is 6.79. The van der Waals surface area contributed by atoms with Crippen molar-refractivity contribution in [1.29, 1.82) is 0 Å². The van der Waals surface area contributed by atoms with Gasteiger partial charge in [-0.3, -0.25) is 0 Å². The molecule has 1 aliphatic carbocycles. The van der Waals surface area contributed by atoms with E-state index in [9.17, 15) is 0 Å². The third-order valence-electron chi connectivity index (χ3n) is 3.65. The fourth-order valence-electron chi connectivity index (χ4n) is 2.79. The molecule has 18 heavy (non-hydrogen) atoms. The highest BCUT2D eigenvalue weighted by atomic mass is 14.9. The van der Waals surface area contributed by atoms with E-state index in [1.54, 1.807) is 0 Å². The van der Waals surface area contributed by atoms with Crippen molar-refractivity contribution in [2.24, 2.45) is 11.3 Å². The van der Waals surface area contributed by atoms with Gasteiger partial charge in [-0.25, -0.2) is 0 Å². The van der Waals surface area contributed by atoms with E-state index in [0.717, 1.165) is 18.9 Å². The van der Waals surface area contributed by atoms with E-state index in [-0.39, 0.29) is 5.41 Å². The topological polar surface area (TPSA) is 12.0 Å². The lowest BCUT2D eigenvalue weighted by Crippen LogP contribution is -2.31. The molecule has 1 rings (SSSR count). The zero-order chi connectivity index (χ0) is 13.4. The van der Waals surface area contributed by atoms with Crippen molar-refractivity contribution in [2.75, 3.05) is 6.54 Å². The first-order valence-corrected chi connectivity index (χ1v) is 7.74. The Morgan fingerprint density at radius 3 is 2.39 bits per heavy atom. The first-order chi connectivity index (χ1) is 8.51. The fourth-order valence-corrected chi connectivity index (χ4v) is 2.79. The lowest BCUT2D eigenvalue weighted by atomic mass is 9.84. The van der Waals surface area contributed by atoms with Gasteiger partial charge in [0.1, 0.15) is 0 Å². The minimum atomic E-state index is 0.140. The van der Waals surface area contributed by atoms with Crippen LogP contribution in [0.5, 0.6) is 0 Å². The molecule has 0 aromatic heterocycles. The van der Waals surface area contributed by atoms with Gasteiger partial charge in [-0.2, -0.15) is 0 Å². The van der Waals surface area contributed by atoms with Crippen LogP contribution in [0.3, 0.4) is 0 Å². The monoisotopic (exact) mass is 249 g/mol. The maximum atomic E-state index is 3.61. The molecule has 0 saturated heterocycles. The fraction of sp³-hybridized carbons (Fsp3) is 0.882. The molecule has 0 spiro atoms. The third-order valence-corrected chi connectivity index (χ3v) is 3.65. The summed E-state index contributed by atoms with van der Waals surface area (Å²) in [4.78, 5) is 0. The van der Waals surface area contributed by atoms with Crippen LogP contribution in [0.1, 0.15) is 72.6 Å². The largest absolute Gasteiger partial charge is 0.313 e. The van der Waals surface area contributed by atoms with E-state index in [4.69, 9.17) is 0 Å². The second-order valence-electron chi connectivity index (χ2n) is 6.75. The van der Waals surface area contributed by atoms with E-state index in [1.807, 2.05) is 0 Å². The van der Waals surface area contributed by atoms with Gasteiger partial charge in [0.2, 0.25) is 0 Å². The molecular formula is C17H31N. The van der Waals surface area contributed by atoms with Gasteiger partial charge in [0, 0.05) is 17.9 Å². The molecule has 0 bridgehead atoms. The highest BCUT2D eigenvalue weighted by Crippen LogP contribution is 2.27. The van der Waals surface area contributed by atoms with E-state index >= 15 is 0 Å². The van der Waals surface area contributed by atoms with Crippen molar-refractivity contribution in [3.8, 4) is 11.8 Å². The molecule has 0 radical (unpaired) electrons. The molecular weight excluding hydrogens is 218 g/mol. The zero-order valence-corrected chi connectivity index (χ0v) is 12.8. The Morgan fingerprint density at radius 2 is 1.83 bits per heavy atom. The predicted molar refractivity (Wildman–Crippen MR) is 80.5 cm³/mol. The SMILES string of the molecule is CCNC(CC#CC(C)(C)C)CC1CCCCC1. The van der Waals surface area contributed by atoms with Crippen molar-refractivity contribution >= 4 is 0 Å². The Labute approximate surface area is 114 Å². The second-order valence-corrected chi connectivity index (χ2v) is 6.75.